The van der Waals surface area contributed by atoms with E-state index in [0.717, 1.165) is 39.1 Å². The Labute approximate surface area is 92.0 Å². The standard InChI is InChI=1S/C11H22N2O2/c1-3-5-12-11(14)8-13(2)7-10-4-6-15-9-10/h10H,3-9H2,1-2H3,(H,12,14). The van der Waals surface area contributed by atoms with Crippen molar-refractivity contribution in [2.45, 2.75) is 19.8 Å². The van der Waals surface area contributed by atoms with E-state index in [1.807, 2.05) is 7.05 Å². The van der Waals surface area contributed by atoms with E-state index in [1.165, 1.54) is 0 Å². The first kappa shape index (κ1) is 12.5. The van der Waals surface area contributed by atoms with Gasteiger partial charge in [-0.05, 0) is 25.8 Å². The highest BCUT2D eigenvalue weighted by Gasteiger charge is 2.18. The molecular weight excluding hydrogens is 192 g/mol. The lowest BCUT2D eigenvalue weighted by atomic mass is 10.1. The van der Waals surface area contributed by atoms with Crippen LogP contribution in [0.25, 0.3) is 0 Å². The van der Waals surface area contributed by atoms with Crippen LogP contribution in [-0.2, 0) is 9.53 Å². The first-order valence-electron chi connectivity index (χ1n) is 5.75. The van der Waals surface area contributed by atoms with E-state index < -0.39 is 0 Å². The topological polar surface area (TPSA) is 41.6 Å². The summed E-state index contributed by atoms with van der Waals surface area (Å²) in [5.41, 5.74) is 0. The molecule has 1 saturated heterocycles. The lowest BCUT2D eigenvalue weighted by Crippen LogP contribution is -2.37. The molecule has 0 aromatic heterocycles. The maximum Gasteiger partial charge on any atom is 0.234 e. The van der Waals surface area contributed by atoms with Gasteiger partial charge in [0.05, 0.1) is 13.2 Å². The van der Waals surface area contributed by atoms with Gasteiger partial charge in [-0.25, -0.2) is 0 Å². The summed E-state index contributed by atoms with van der Waals surface area (Å²) in [7, 11) is 1.99. The summed E-state index contributed by atoms with van der Waals surface area (Å²) in [6.45, 7) is 6.01. The van der Waals surface area contributed by atoms with Gasteiger partial charge >= 0.3 is 0 Å². The Bertz CT molecular complexity index is 191. The van der Waals surface area contributed by atoms with E-state index in [4.69, 9.17) is 4.74 Å². The second-order valence-electron chi connectivity index (χ2n) is 4.28. The van der Waals surface area contributed by atoms with Crippen molar-refractivity contribution >= 4 is 5.91 Å². The fourth-order valence-electron chi connectivity index (χ4n) is 1.80. The molecule has 0 saturated carbocycles. The molecule has 0 aromatic rings. The van der Waals surface area contributed by atoms with Crippen molar-refractivity contribution in [1.29, 1.82) is 0 Å². The van der Waals surface area contributed by atoms with Crippen molar-refractivity contribution in [2.24, 2.45) is 5.92 Å². The number of amides is 1. The predicted molar refractivity (Wildman–Crippen MR) is 59.7 cm³/mol. The molecule has 15 heavy (non-hydrogen) atoms. The molecule has 0 aromatic carbocycles. The van der Waals surface area contributed by atoms with E-state index in [2.05, 4.69) is 17.1 Å². The maximum atomic E-state index is 11.4. The van der Waals surface area contributed by atoms with Crippen molar-refractivity contribution in [3.8, 4) is 0 Å². The van der Waals surface area contributed by atoms with Crippen LogP contribution in [0.15, 0.2) is 0 Å². The SMILES string of the molecule is CCCNC(=O)CN(C)CC1CCOC1. The van der Waals surface area contributed by atoms with Crippen molar-refractivity contribution < 1.29 is 9.53 Å². The van der Waals surface area contributed by atoms with Gasteiger partial charge in [0.25, 0.3) is 0 Å². The smallest absolute Gasteiger partial charge is 0.234 e. The second kappa shape index (κ2) is 6.80. The van der Waals surface area contributed by atoms with Gasteiger partial charge in [0, 0.05) is 19.7 Å². The summed E-state index contributed by atoms with van der Waals surface area (Å²) in [5, 5.41) is 2.88. The summed E-state index contributed by atoms with van der Waals surface area (Å²) < 4.78 is 5.30. The van der Waals surface area contributed by atoms with Crippen LogP contribution in [0.3, 0.4) is 0 Å². The fourth-order valence-corrected chi connectivity index (χ4v) is 1.80. The molecule has 0 bridgehead atoms. The largest absolute Gasteiger partial charge is 0.381 e. The Balaban J connectivity index is 2.11. The third-order valence-electron chi connectivity index (χ3n) is 2.58. The zero-order chi connectivity index (χ0) is 11.1. The highest BCUT2D eigenvalue weighted by atomic mass is 16.5. The van der Waals surface area contributed by atoms with Gasteiger partial charge in [0.1, 0.15) is 0 Å². The normalized spacial score (nSPS) is 20.9. The van der Waals surface area contributed by atoms with Gasteiger partial charge in [-0.15, -0.1) is 0 Å². The van der Waals surface area contributed by atoms with Crippen LogP contribution in [0.5, 0.6) is 0 Å². The third-order valence-corrected chi connectivity index (χ3v) is 2.58. The molecule has 1 heterocycles. The first-order chi connectivity index (χ1) is 7.22. The number of nitrogens with one attached hydrogen (secondary N) is 1. The zero-order valence-electron chi connectivity index (χ0n) is 9.79. The first-order valence-corrected chi connectivity index (χ1v) is 5.75. The Morgan fingerprint density at radius 1 is 1.60 bits per heavy atom. The van der Waals surface area contributed by atoms with Gasteiger partial charge in [0.2, 0.25) is 5.91 Å². The molecule has 0 aliphatic carbocycles. The number of nitrogens with zero attached hydrogens (tertiary/aromatic N) is 1. The number of ether oxygens (including phenoxy) is 1. The highest BCUT2D eigenvalue weighted by molar-refractivity contribution is 5.77. The molecule has 1 fully saturated rings. The molecule has 1 rings (SSSR count). The quantitative estimate of drug-likeness (QED) is 0.699. The zero-order valence-corrected chi connectivity index (χ0v) is 9.79. The molecular formula is C11H22N2O2. The summed E-state index contributed by atoms with van der Waals surface area (Å²) in [6, 6.07) is 0. The second-order valence-corrected chi connectivity index (χ2v) is 4.28. The molecule has 4 heteroatoms. The third kappa shape index (κ3) is 5.14. The lowest BCUT2D eigenvalue weighted by molar-refractivity contribution is -0.122. The number of rotatable bonds is 6. The van der Waals surface area contributed by atoms with E-state index in [-0.39, 0.29) is 5.91 Å². The Morgan fingerprint density at radius 2 is 2.40 bits per heavy atom. The van der Waals surface area contributed by atoms with Crippen LogP contribution < -0.4 is 5.32 Å². The number of hydrogen-bond acceptors (Lipinski definition) is 3. The molecule has 1 aliphatic rings. The van der Waals surface area contributed by atoms with Gasteiger partial charge in [0.15, 0.2) is 0 Å². The monoisotopic (exact) mass is 214 g/mol. The van der Waals surface area contributed by atoms with Gasteiger partial charge < -0.3 is 10.1 Å². The molecule has 88 valence electrons. The minimum atomic E-state index is 0.123. The average Bonchev–Trinajstić information content (AvgIpc) is 2.67. The molecule has 1 amide bonds. The van der Waals surface area contributed by atoms with Crippen molar-refractivity contribution in [2.75, 3.05) is 39.9 Å². The number of likely N-dealkylation sites (N-methyl/N-ethyl adjacent to an activating group) is 1. The summed E-state index contributed by atoms with van der Waals surface area (Å²) in [4.78, 5) is 13.5. The summed E-state index contributed by atoms with van der Waals surface area (Å²) >= 11 is 0. The van der Waals surface area contributed by atoms with Crippen molar-refractivity contribution in [3.05, 3.63) is 0 Å². The molecule has 1 aliphatic heterocycles. The number of hydrogen-bond donors (Lipinski definition) is 1. The van der Waals surface area contributed by atoms with Crippen LogP contribution in [0, 0.1) is 5.92 Å². The molecule has 1 unspecified atom stereocenters. The number of carbonyl (C=O) groups excluding carboxylic acids is 1. The lowest BCUT2D eigenvalue weighted by Gasteiger charge is -2.19. The molecule has 4 nitrogen and oxygen atoms in total. The minimum Gasteiger partial charge on any atom is -0.381 e. The predicted octanol–water partition coefficient (Wildman–Crippen LogP) is 0.481. The Morgan fingerprint density at radius 3 is 3.00 bits per heavy atom. The molecule has 1 atom stereocenters. The van der Waals surface area contributed by atoms with Gasteiger partial charge in [-0.2, -0.15) is 0 Å². The van der Waals surface area contributed by atoms with Crippen molar-refractivity contribution in [1.82, 2.24) is 10.2 Å². The highest BCUT2D eigenvalue weighted by Crippen LogP contribution is 2.12. The van der Waals surface area contributed by atoms with Gasteiger partial charge in [-0.3, -0.25) is 9.69 Å². The Hall–Kier alpha value is -0.610. The van der Waals surface area contributed by atoms with E-state index in [1.54, 1.807) is 0 Å². The fraction of sp³-hybridized carbons (Fsp3) is 0.909. The van der Waals surface area contributed by atoms with Gasteiger partial charge in [-0.1, -0.05) is 6.92 Å². The average molecular weight is 214 g/mol. The molecule has 1 N–H and O–H groups in total. The van der Waals surface area contributed by atoms with E-state index >= 15 is 0 Å². The Kier molecular flexibility index (Phi) is 5.65. The van der Waals surface area contributed by atoms with Crippen LogP contribution >= 0.6 is 0 Å². The van der Waals surface area contributed by atoms with E-state index in [9.17, 15) is 4.79 Å². The maximum absolute atomic E-state index is 11.4. The van der Waals surface area contributed by atoms with Crippen molar-refractivity contribution in [3.63, 3.8) is 0 Å². The summed E-state index contributed by atoms with van der Waals surface area (Å²) in [6.07, 6.45) is 2.12. The van der Waals surface area contributed by atoms with Crippen LogP contribution in [0.1, 0.15) is 19.8 Å². The molecule has 0 radical (unpaired) electrons. The van der Waals surface area contributed by atoms with Crippen LogP contribution in [0.4, 0.5) is 0 Å². The minimum absolute atomic E-state index is 0.123. The van der Waals surface area contributed by atoms with Crippen LogP contribution in [-0.4, -0.2) is 50.7 Å². The summed E-state index contributed by atoms with van der Waals surface area (Å²) in [5.74, 6) is 0.729. The van der Waals surface area contributed by atoms with Crippen LogP contribution in [0.2, 0.25) is 0 Å². The van der Waals surface area contributed by atoms with E-state index in [0.29, 0.717) is 12.5 Å². The number of carbonyl (C=O) groups is 1. The molecule has 0 spiro atoms.